The molecule has 39 N–H and O–H groups in total. The minimum Gasteiger partial charge on any atom is -0.457 e. The molecule has 0 aliphatic carbocycles. The first kappa shape index (κ1) is 117. The Morgan fingerprint density at radius 1 is 0.339 bits per heavy atom. The van der Waals surface area contributed by atoms with Crippen LogP contribution in [0.4, 0.5) is 0 Å². The normalized spacial score (nSPS) is 8.79. The number of aliphatic hydroxyl groups is 17. The summed E-state index contributed by atoms with van der Waals surface area (Å²) in [5.74, 6) is 0. The summed E-state index contributed by atoms with van der Waals surface area (Å²) < 4.78 is 0. The molecule has 0 unspecified atom stereocenters. The Kier molecular flexibility index (Phi) is 175. The molecule has 0 rings (SSSR count). The van der Waals surface area contributed by atoms with E-state index >= 15 is 0 Å². The second-order valence-electron chi connectivity index (χ2n) is 9.01. The van der Waals surface area contributed by atoms with Crippen LogP contribution in [-0.4, -0.2) is 273 Å². The number of aliphatic hydroxyl groups excluding tert-OH is 9. The first-order chi connectivity index (χ1) is 20.0. The zero-order chi connectivity index (χ0) is 36.6. The second-order valence-corrected chi connectivity index (χ2v) is 9.01. The van der Waals surface area contributed by atoms with Gasteiger partial charge in [0.05, 0.1) is 0 Å². The van der Waals surface area contributed by atoms with Gasteiger partial charge in [-0.05, 0) is 35.2 Å². The predicted octanol–water partition coefficient (Wildman–Crippen LogP) is -17.7. The van der Waals surface area contributed by atoms with Crippen molar-refractivity contribution in [2.24, 2.45) is 5.73 Å². The van der Waals surface area contributed by atoms with Crippen LogP contribution in [0.15, 0.2) is 0 Å². The molecular formula is C22H81Cu2Mn2N5O25+8. The average Bonchev–Trinajstić information content (AvgIpc) is 2.77. The molecule has 30 nitrogen and oxygen atoms in total. The monoisotopic (exact) mass is 1050 g/mol. The van der Waals surface area contributed by atoms with Crippen molar-refractivity contribution in [1.82, 2.24) is 19.6 Å². The van der Waals surface area contributed by atoms with Crippen molar-refractivity contribution in [2.45, 2.75) is 50.3 Å². The Balaban J connectivity index is -0.0000000192. The van der Waals surface area contributed by atoms with Gasteiger partial charge in [0.15, 0.2) is 50.3 Å². The molecule has 0 saturated carbocycles. The Labute approximate surface area is 368 Å². The minimum absolute atomic E-state index is 0. The van der Waals surface area contributed by atoms with Crippen LogP contribution < -0.4 is 5.73 Å². The number of nitrogens with two attached hydrogens (primary N) is 1. The van der Waals surface area contributed by atoms with E-state index in [0.717, 1.165) is 7.11 Å². The molecule has 372 valence electrons. The van der Waals surface area contributed by atoms with Crippen LogP contribution in [0, 0.1) is 0 Å². The number of hydrogen-bond acceptors (Lipinski definition) is 22. The van der Waals surface area contributed by atoms with E-state index < -0.39 is 50.3 Å². The molecule has 0 spiro atoms. The Morgan fingerprint density at radius 2 is 0.446 bits per heavy atom. The molecule has 0 aromatic heterocycles. The van der Waals surface area contributed by atoms with Crippen molar-refractivity contribution < 1.29 is 199 Å². The quantitative estimate of drug-likeness (QED) is 0.0411. The number of rotatable bonds is 15. The van der Waals surface area contributed by atoms with Gasteiger partial charge < -0.3 is 141 Å². The zero-order valence-corrected chi connectivity index (χ0v) is 36.2. The summed E-state index contributed by atoms with van der Waals surface area (Å²) in [7, 11) is 9.22. The molecule has 0 bridgehead atoms. The fourth-order valence-corrected chi connectivity index (χ4v) is 2.22. The Bertz CT molecular complexity index is 470. The van der Waals surface area contributed by atoms with Crippen molar-refractivity contribution in [1.29, 1.82) is 0 Å². The van der Waals surface area contributed by atoms with E-state index in [1.165, 1.54) is 14.7 Å². The maximum Gasteiger partial charge on any atom is 2.00 e. The van der Waals surface area contributed by atoms with Crippen LogP contribution in [0.5, 0.6) is 0 Å². The molecule has 0 saturated heterocycles. The van der Waals surface area contributed by atoms with E-state index in [-0.39, 0.29) is 158 Å². The summed E-state index contributed by atoms with van der Waals surface area (Å²) in [6, 6.07) is 0. The van der Waals surface area contributed by atoms with Crippen LogP contribution in [0.25, 0.3) is 0 Å². The summed E-state index contributed by atoms with van der Waals surface area (Å²) in [6.07, 6.45) is -11.1. The van der Waals surface area contributed by atoms with Gasteiger partial charge in [0.25, 0.3) is 0 Å². The van der Waals surface area contributed by atoms with Crippen LogP contribution in [0.2, 0.25) is 0 Å². The summed E-state index contributed by atoms with van der Waals surface area (Å²) in [5, 5.41) is 140. The van der Waals surface area contributed by atoms with Crippen LogP contribution >= 0.6 is 0 Å². The van der Waals surface area contributed by atoms with Gasteiger partial charge in [-0.25, -0.2) is 0 Å². The SMILES string of the molecule is CN(C)CC(O)O.CN(CC(O)O)CC(O)O.CN(CC(O)O)CC(O)O.CN(CC(O)O)CC(O)O.CO.NCC(O)O.O.O.O.O.[Cu+2].[Cu+2].[Mn].[Mn].[OH3+].[OH3+].[OH3+].[OH3+]. The predicted molar refractivity (Wildman–Crippen MR) is 188 cm³/mol. The van der Waals surface area contributed by atoms with E-state index in [2.05, 4.69) is 5.73 Å². The molecule has 4 radical (unpaired) electrons. The Hall–Kier alpha value is 0.878. The minimum atomic E-state index is -1.43. The molecule has 34 heteroatoms. The largest absolute Gasteiger partial charge is 2.00 e. The molecule has 0 aliphatic heterocycles. The van der Waals surface area contributed by atoms with E-state index in [1.807, 2.05) is 0 Å². The topological polar surface area (TPSA) is 641 Å². The van der Waals surface area contributed by atoms with E-state index in [1.54, 1.807) is 40.1 Å². The molecule has 0 aromatic carbocycles. The van der Waals surface area contributed by atoms with Crippen LogP contribution in [0.1, 0.15) is 0 Å². The summed E-state index contributed by atoms with van der Waals surface area (Å²) in [6.45, 7) is 0.291. The first-order valence-electron chi connectivity index (χ1n) is 12.7. The molecule has 0 heterocycles. The molecule has 0 atom stereocenters. The van der Waals surface area contributed by atoms with Gasteiger partial charge in [0.2, 0.25) is 0 Å². The molecule has 56 heavy (non-hydrogen) atoms. The molecule has 0 aromatic rings. The third kappa shape index (κ3) is 167. The summed E-state index contributed by atoms with van der Waals surface area (Å²) in [4.78, 5) is 5.89. The maximum atomic E-state index is 8.39. The smallest absolute Gasteiger partial charge is 0.457 e. The van der Waals surface area contributed by atoms with Gasteiger partial charge in [0, 0.05) is 93.6 Å². The number of hydrogen-bond donors (Lipinski definition) is 18. The fourth-order valence-electron chi connectivity index (χ4n) is 2.22. The van der Waals surface area contributed by atoms with Gasteiger partial charge in [0.1, 0.15) is 0 Å². The zero-order valence-electron chi connectivity index (χ0n) is 31.9. The number of likely N-dealkylation sites (N-methyl/N-ethyl adjacent to an activating group) is 4. The van der Waals surface area contributed by atoms with Gasteiger partial charge in [-0.2, -0.15) is 0 Å². The van der Waals surface area contributed by atoms with Crippen molar-refractivity contribution in [3.05, 3.63) is 0 Å². The standard InChI is InChI=1S/3C5H13NO4.C4H11NO2.C2H7NO2.CH4O.2Cu.2Mn.8H2O/c3*1-6(2-4(7)8)3-5(9)10;1-5(2)3-4(6)7;3-1-2(4)5;1-2;;;;;;;;;;;;/h3*4-5,7-10H,2-3H2,1H3;4,6-7H,3H2,1-2H3;2,4-5H,1,3H2;2H,1H3;;;;;8*1H2/q;;;;;;2*+2;;;;;;;;;;/p+4. The van der Waals surface area contributed by atoms with E-state index in [4.69, 9.17) is 86.8 Å². The number of nitrogens with zero attached hydrogens (tertiary/aromatic N) is 4. The Morgan fingerprint density at radius 3 is 0.482 bits per heavy atom. The second kappa shape index (κ2) is 83.6. The van der Waals surface area contributed by atoms with Crippen molar-refractivity contribution in [3.8, 4) is 0 Å². The molecule has 0 aliphatic rings. The maximum absolute atomic E-state index is 8.39. The van der Waals surface area contributed by atoms with Crippen molar-refractivity contribution >= 4 is 0 Å². The molecule has 0 amide bonds. The fraction of sp³-hybridized carbons (Fsp3) is 1.00. The third-order valence-corrected chi connectivity index (χ3v) is 3.59. The van der Waals surface area contributed by atoms with E-state index in [0.29, 0.717) is 6.54 Å². The van der Waals surface area contributed by atoms with Gasteiger partial charge in [-0.15, -0.1) is 0 Å². The van der Waals surface area contributed by atoms with Crippen molar-refractivity contribution in [2.75, 3.05) is 94.7 Å². The van der Waals surface area contributed by atoms with Gasteiger partial charge in [-0.1, -0.05) is 0 Å². The van der Waals surface area contributed by atoms with Gasteiger partial charge >= 0.3 is 34.1 Å². The van der Waals surface area contributed by atoms with Crippen LogP contribution in [0.3, 0.4) is 0 Å². The average molecular weight is 1050 g/mol. The molecular weight excluding hydrogens is 971 g/mol. The molecule has 0 fully saturated rings. The summed E-state index contributed by atoms with van der Waals surface area (Å²) in [5.41, 5.74) is 4.67. The van der Waals surface area contributed by atoms with Gasteiger partial charge in [-0.3, -0.25) is 14.7 Å². The van der Waals surface area contributed by atoms with Crippen LogP contribution in [-0.2, 0) is 90.2 Å². The van der Waals surface area contributed by atoms with E-state index in [9.17, 15) is 0 Å². The first-order valence-corrected chi connectivity index (χ1v) is 12.7. The summed E-state index contributed by atoms with van der Waals surface area (Å²) >= 11 is 0. The third-order valence-electron chi connectivity index (χ3n) is 3.59. The van der Waals surface area contributed by atoms with Crippen molar-refractivity contribution in [3.63, 3.8) is 0 Å².